The topological polar surface area (TPSA) is 117 Å². The molecule has 0 fully saturated rings. The zero-order chi connectivity index (χ0) is 30.9. The molecule has 5 rings (SSSR count). The highest BCUT2D eigenvalue weighted by Crippen LogP contribution is 2.38. The lowest BCUT2D eigenvalue weighted by molar-refractivity contribution is 0.0276. The van der Waals surface area contributed by atoms with Crippen molar-refractivity contribution < 1.29 is 28.5 Å². The van der Waals surface area contributed by atoms with Gasteiger partial charge in [0.25, 0.3) is 11.5 Å². The quantitative estimate of drug-likeness (QED) is 0.238. The summed E-state index contributed by atoms with van der Waals surface area (Å²) in [5.74, 6) is -0.390. The van der Waals surface area contributed by atoms with Crippen LogP contribution in [0.25, 0.3) is 16.6 Å². The summed E-state index contributed by atoms with van der Waals surface area (Å²) in [7, 11) is 3.17. The number of pyridine rings is 1. The van der Waals surface area contributed by atoms with Gasteiger partial charge < -0.3 is 24.6 Å². The number of ether oxygens (including phenoxy) is 3. The molecule has 0 aliphatic rings. The fraction of sp³-hybridized carbons (Fsp3) is 0.219. The number of hydrogen-bond acceptors (Lipinski definition) is 7. The fourth-order valence-electron chi connectivity index (χ4n) is 4.55. The van der Waals surface area contributed by atoms with Crippen molar-refractivity contribution in [1.29, 1.82) is 0 Å². The normalized spacial score (nSPS) is 11.4. The van der Waals surface area contributed by atoms with Crippen molar-refractivity contribution in [3.8, 4) is 28.7 Å². The number of methoxy groups -OCH3 is 1. The molecule has 10 nitrogen and oxygen atoms in total. The average molecular weight is 587 g/mol. The number of halogens is 1. The van der Waals surface area contributed by atoms with Gasteiger partial charge in [0.2, 0.25) is 0 Å². The van der Waals surface area contributed by atoms with Crippen LogP contribution in [0.1, 0.15) is 29.9 Å². The third-order valence-electron chi connectivity index (χ3n) is 6.76. The molecule has 0 unspecified atom stereocenters. The number of para-hydroxylation sites is 1. The Hall–Kier alpha value is -5.16. The van der Waals surface area contributed by atoms with Crippen LogP contribution in [0.15, 0.2) is 77.7 Å². The molecule has 3 aromatic carbocycles. The van der Waals surface area contributed by atoms with Gasteiger partial charge in [-0.1, -0.05) is 18.2 Å². The molecule has 0 aliphatic carbocycles. The van der Waals surface area contributed by atoms with Crippen LogP contribution in [0.5, 0.6) is 23.0 Å². The Labute approximate surface area is 246 Å². The van der Waals surface area contributed by atoms with Crippen LogP contribution in [-0.4, -0.2) is 44.7 Å². The number of amides is 1. The average Bonchev–Trinajstić information content (AvgIpc) is 3.20. The number of fused-ring (bicyclic) bond motifs is 1. The number of hydrogen-bond donors (Lipinski definition) is 2. The van der Waals surface area contributed by atoms with Gasteiger partial charge in [-0.25, -0.2) is 9.07 Å². The van der Waals surface area contributed by atoms with E-state index in [1.54, 1.807) is 75.0 Å². The highest BCUT2D eigenvalue weighted by Gasteiger charge is 2.23. The number of benzene rings is 3. The number of rotatable bonds is 9. The number of carbonyl (C=O) groups is 1. The van der Waals surface area contributed by atoms with Crippen LogP contribution >= 0.6 is 0 Å². The van der Waals surface area contributed by atoms with Gasteiger partial charge in [-0.15, -0.1) is 0 Å². The first kappa shape index (κ1) is 29.3. The molecule has 2 aromatic heterocycles. The molecule has 0 spiro atoms. The van der Waals surface area contributed by atoms with Gasteiger partial charge in [0.1, 0.15) is 17.9 Å². The van der Waals surface area contributed by atoms with Gasteiger partial charge in [-0.3, -0.25) is 19.3 Å². The first-order chi connectivity index (χ1) is 20.5. The molecular formula is C32H31FN4O6. The maximum Gasteiger partial charge on any atom is 0.284 e. The molecular weight excluding hydrogens is 555 g/mol. The third-order valence-corrected chi connectivity index (χ3v) is 6.76. The van der Waals surface area contributed by atoms with Crippen molar-refractivity contribution in [3.05, 3.63) is 100 Å². The van der Waals surface area contributed by atoms with Gasteiger partial charge in [0.15, 0.2) is 23.1 Å². The fourth-order valence-corrected chi connectivity index (χ4v) is 4.55. The molecule has 1 amide bonds. The van der Waals surface area contributed by atoms with E-state index in [4.69, 9.17) is 14.2 Å². The number of carbonyl (C=O) groups excluding carboxylic acids is 1. The molecule has 0 atom stereocenters. The molecule has 43 heavy (non-hydrogen) atoms. The molecule has 0 radical (unpaired) electrons. The Balaban J connectivity index is 1.38. The Morgan fingerprint density at radius 3 is 2.44 bits per heavy atom. The zero-order valence-corrected chi connectivity index (χ0v) is 24.3. The van der Waals surface area contributed by atoms with E-state index in [1.807, 2.05) is 6.07 Å². The van der Waals surface area contributed by atoms with E-state index < -0.39 is 22.9 Å². The SMILES string of the molecule is COc1cc2c(Oc3ccc(NC(=O)c4c(C)n(C)n(-c5ccccc5)c4=O)cc3F)ccnc2cc1OCC(C)(C)O. The second-order valence-electron chi connectivity index (χ2n) is 10.6. The second-order valence-corrected chi connectivity index (χ2v) is 10.6. The molecule has 2 heterocycles. The Bertz CT molecular complexity index is 1880. The van der Waals surface area contributed by atoms with Crippen molar-refractivity contribution in [1.82, 2.24) is 14.3 Å². The monoisotopic (exact) mass is 586 g/mol. The maximum absolute atomic E-state index is 15.2. The van der Waals surface area contributed by atoms with Crippen LogP contribution in [0, 0.1) is 12.7 Å². The van der Waals surface area contributed by atoms with Crippen molar-refractivity contribution in [2.24, 2.45) is 7.05 Å². The van der Waals surface area contributed by atoms with Crippen molar-refractivity contribution in [2.75, 3.05) is 19.0 Å². The molecule has 0 bridgehead atoms. The molecule has 0 saturated heterocycles. The summed E-state index contributed by atoms with van der Waals surface area (Å²) in [6.07, 6.45) is 1.51. The van der Waals surface area contributed by atoms with Gasteiger partial charge in [0, 0.05) is 36.5 Å². The third kappa shape index (κ3) is 6.07. The number of aromatic nitrogens is 3. The molecule has 5 aromatic rings. The molecule has 0 saturated carbocycles. The minimum absolute atomic E-state index is 0.0339. The van der Waals surface area contributed by atoms with Gasteiger partial charge >= 0.3 is 0 Å². The molecule has 0 aliphatic heterocycles. The maximum atomic E-state index is 15.2. The van der Waals surface area contributed by atoms with Crippen LogP contribution in [0.3, 0.4) is 0 Å². The van der Waals surface area contributed by atoms with E-state index in [2.05, 4.69) is 10.3 Å². The highest BCUT2D eigenvalue weighted by molar-refractivity contribution is 6.05. The molecule has 11 heteroatoms. The summed E-state index contributed by atoms with van der Waals surface area (Å²) < 4.78 is 35.3. The summed E-state index contributed by atoms with van der Waals surface area (Å²) >= 11 is 0. The van der Waals surface area contributed by atoms with E-state index in [0.29, 0.717) is 39.5 Å². The summed E-state index contributed by atoms with van der Waals surface area (Å²) in [6.45, 7) is 4.96. The molecule has 2 N–H and O–H groups in total. The van der Waals surface area contributed by atoms with Gasteiger partial charge in [-0.2, -0.15) is 0 Å². The standard InChI is InChI=1S/C32H31FN4O6/c1-19-29(31(39)37(36(19)4)21-9-7-6-8-10-21)30(38)35-20-11-12-26(23(33)15-20)43-25-13-14-34-24-17-28(42-18-32(2,3)40)27(41-5)16-22(24)25/h6-17,40H,18H2,1-5H3,(H,35,38). The minimum atomic E-state index is -1.05. The predicted octanol–water partition coefficient (Wildman–Crippen LogP) is 5.37. The lowest BCUT2D eigenvalue weighted by Crippen LogP contribution is -2.27. The first-order valence-electron chi connectivity index (χ1n) is 13.4. The van der Waals surface area contributed by atoms with Crippen molar-refractivity contribution in [3.63, 3.8) is 0 Å². The Morgan fingerprint density at radius 2 is 1.77 bits per heavy atom. The largest absolute Gasteiger partial charge is 0.493 e. The molecule has 222 valence electrons. The smallest absolute Gasteiger partial charge is 0.284 e. The van der Waals surface area contributed by atoms with Crippen molar-refractivity contribution in [2.45, 2.75) is 26.4 Å². The number of nitrogens with zero attached hydrogens (tertiary/aromatic N) is 3. The lowest BCUT2D eigenvalue weighted by Gasteiger charge is -2.19. The van der Waals surface area contributed by atoms with Gasteiger partial charge in [-0.05, 0) is 57.2 Å². The van der Waals surface area contributed by atoms with Gasteiger partial charge in [0.05, 0.1) is 29.6 Å². The number of nitrogens with one attached hydrogen (secondary N) is 1. The Kier molecular flexibility index (Phi) is 7.92. The Morgan fingerprint density at radius 1 is 1.02 bits per heavy atom. The van der Waals surface area contributed by atoms with E-state index in [0.717, 1.165) is 6.07 Å². The number of anilines is 1. The van der Waals surface area contributed by atoms with E-state index in [9.17, 15) is 14.7 Å². The van der Waals surface area contributed by atoms with Crippen LogP contribution in [0.4, 0.5) is 10.1 Å². The minimum Gasteiger partial charge on any atom is -0.493 e. The van der Waals surface area contributed by atoms with Crippen LogP contribution in [-0.2, 0) is 7.05 Å². The summed E-state index contributed by atoms with van der Waals surface area (Å²) in [6, 6.07) is 17.9. The lowest BCUT2D eigenvalue weighted by atomic mass is 10.1. The highest BCUT2D eigenvalue weighted by atomic mass is 19.1. The summed E-state index contributed by atoms with van der Waals surface area (Å²) in [5.41, 5.74) is 0.145. The summed E-state index contributed by atoms with van der Waals surface area (Å²) in [5, 5.41) is 13.2. The van der Waals surface area contributed by atoms with E-state index in [1.165, 1.54) is 30.1 Å². The van der Waals surface area contributed by atoms with E-state index >= 15 is 4.39 Å². The second kappa shape index (κ2) is 11.6. The van der Waals surface area contributed by atoms with Crippen LogP contribution < -0.4 is 25.1 Å². The first-order valence-corrected chi connectivity index (χ1v) is 13.4. The van der Waals surface area contributed by atoms with Crippen LogP contribution in [0.2, 0.25) is 0 Å². The predicted molar refractivity (Wildman–Crippen MR) is 160 cm³/mol. The summed E-state index contributed by atoms with van der Waals surface area (Å²) in [4.78, 5) is 30.7. The number of aliphatic hydroxyl groups is 1. The zero-order valence-electron chi connectivity index (χ0n) is 24.3. The van der Waals surface area contributed by atoms with E-state index in [-0.39, 0.29) is 23.6 Å². The van der Waals surface area contributed by atoms with Crippen molar-refractivity contribution >= 4 is 22.5 Å².